The topological polar surface area (TPSA) is 95.1 Å². The van der Waals surface area contributed by atoms with Crippen molar-refractivity contribution >= 4 is 75.0 Å². The molecular formula is C36H37Cl2N5O4. The molecule has 9 nitrogen and oxygen atoms in total. The lowest BCUT2D eigenvalue weighted by molar-refractivity contribution is -0.122. The van der Waals surface area contributed by atoms with Crippen LogP contribution >= 0.6 is 23.2 Å². The fourth-order valence-corrected chi connectivity index (χ4v) is 6.24. The second-order valence-electron chi connectivity index (χ2n) is 11.6. The molecule has 4 aromatic rings. The van der Waals surface area contributed by atoms with E-state index in [4.69, 9.17) is 32.9 Å². The Kier molecular flexibility index (Phi) is 10.4. The number of amides is 3. The third kappa shape index (κ3) is 7.53. The number of hydrogen-bond donors (Lipinski definition) is 1. The van der Waals surface area contributed by atoms with Crippen molar-refractivity contribution in [2.24, 2.45) is 0 Å². The third-order valence-electron chi connectivity index (χ3n) is 8.11. The molecule has 0 saturated heterocycles. The fraction of sp³-hybridized carbons (Fsp3) is 0.278. The molecule has 0 bridgehead atoms. The summed E-state index contributed by atoms with van der Waals surface area (Å²) < 4.78 is 6.21. The van der Waals surface area contributed by atoms with Crippen LogP contribution in [0, 0.1) is 6.92 Å². The van der Waals surface area contributed by atoms with Crippen molar-refractivity contribution < 1.29 is 19.1 Å². The minimum Gasteiger partial charge on any atom is -0.487 e. The highest BCUT2D eigenvalue weighted by Gasteiger charge is 2.21. The van der Waals surface area contributed by atoms with E-state index < -0.39 is 5.91 Å². The van der Waals surface area contributed by atoms with Gasteiger partial charge in [0, 0.05) is 73.7 Å². The van der Waals surface area contributed by atoms with E-state index in [1.807, 2.05) is 68.4 Å². The third-order valence-corrected chi connectivity index (χ3v) is 8.88. The Morgan fingerprint density at radius 3 is 2.57 bits per heavy atom. The van der Waals surface area contributed by atoms with Crippen molar-refractivity contribution in [2.75, 3.05) is 48.9 Å². The lowest BCUT2D eigenvalue weighted by Crippen LogP contribution is -2.37. The van der Waals surface area contributed by atoms with E-state index >= 15 is 0 Å². The number of nitrogens with one attached hydrogen (secondary N) is 1. The summed E-state index contributed by atoms with van der Waals surface area (Å²) in [6.07, 6.45) is 4.83. The molecule has 0 fully saturated rings. The first-order chi connectivity index (χ1) is 22.4. The number of aryl methyl sites for hydroxylation is 2. The van der Waals surface area contributed by atoms with E-state index in [0.29, 0.717) is 28.6 Å². The van der Waals surface area contributed by atoms with Crippen LogP contribution in [0.4, 0.5) is 17.1 Å². The van der Waals surface area contributed by atoms with Gasteiger partial charge in [-0.25, -0.2) is 4.98 Å². The Balaban J connectivity index is 1.23. The van der Waals surface area contributed by atoms with Gasteiger partial charge >= 0.3 is 0 Å². The first-order valence-electron chi connectivity index (χ1n) is 15.3. The van der Waals surface area contributed by atoms with Crippen LogP contribution in [0.2, 0.25) is 10.0 Å². The number of benzene rings is 3. The van der Waals surface area contributed by atoms with Gasteiger partial charge in [-0.15, -0.1) is 0 Å². The Morgan fingerprint density at radius 1 is 1.04 bits per heavy atom. The number of carbonyl (C=O) groups excluding carboxylic acids is 3. The summed E-state index contributed by atoms with van der Waals surface area (Å²) in [7, 11) is 5.55. The minimum atomic E-state index is -0.414. The number of hydrogen-bond acceptors (Lipinski definition) is 6. The predicted molar refractivity (Wildman–Crippen MR) is 190 cm³/mol. The number of halogens is 2. The van der Waals surface area contributed by atoms with Crippen molar-refractivity contribution in [3.8, 4) is 5.75 Å². The fourth-order valence-electron chi connectivity index (χ4n) is 5.64. The summed E-state index contributed by atoms with van der Waals surface area (Å²) in [5.41, 5.74) is 6.38. The van der Waals surface area contributed by atoms with E-state index in [9.17, 15) is 14.4 Å². The number of pyridine rings is 1. The molecule has 5 rings (SSSR count). The number of nitrogens with zero attached hydrogens (tertiary/aromatic N) is 4. The Hall–Kier alpha value is -4.60. The van der Waals surface area contributed by atoms with Crippen LogP contribution in [-0.4, -0.2) is 56.9 Å². The normalized spacial score (nSPS) is 12.6. The maximum atomic E-state index is 13.1. The molecule has 47 heavy (non-hydrogen) atoms. The number of aromatic nitrogens is 1. The maximum absolute atomic E-state index is 13.1. The van der Waals surface area contributed by atoms with E-state index in [-0.39, 0.29) is 30.0 Å². The second kappa shape index (κ2) is 14.4. The van der Waals surface area contributed by atoms with Gasteiger partial charge in [0.2, 0.25) is 17.7 Å². The Bertz CT molecular complexity index is 1890. The van der Waals surface area contributed by atoms with Crippen molar-refractivity contribution in [3.63, 3.8) is 0 Å². The average Bonchev–Trinajstić information content (AvgIpc) is 3.05. The van der Waals surface area contributed by atoms with E-state index in [2.05, 4.69) is 5.32 Å². The van der Waals surface area contributed by atoms with Gasteiger partial charge in [-0.2, -0.15) is 0 Å². The van der Waals surface area contributed by atoms with E-state index in [0.717, 1.165) is 51.9 Å². The van der Waals surface area contributed by atoms with Crippen LogP contribution in [0.15, 0.2) is 60.7 Å². The van der Waals surface area contributed by atoms with Gasteiger partial charge in [-0.1, -0.05) is 41.4 Å². The van der Waals surface area contributed by atoms with Crippen LogP contribution < -0.4 is 24.8 Å². The molecule has 0 unspecified atom stereocenters. The molecule has 0 radical (unpaired) electrons. The van der Waals surface area contributed by atoms with E-state index in [1.165, 1.54) is 11.0 Å². The Morgan fingerprint density at radius 2 is 1.83 bits per heavy atom. The quantitative estimate of drug-likeness (QED) is 0.202. The van der Waals surface area contributed by atoms with Gasteiger partial charge in [-0.05, 0) is 73.4 Å². The number of rotatable bonds is 9. The molecule has 0 spiro atoms. The van der Waals surface area contributed by atoms with Crippen molar-refractivity contribution in [2.45, 2.75) is 33.3 Å². The van der Waals surface area contributed by atoms with Crippen LogP contribution in [0.1, 0.15) is 35.7 Å². The summed E-state index contributed by atoms with van der Waals surface area (Å²) in [4.78, 5) is 47.5. The number of anilines is 3. The maximum Gasteiger partial charge on any atom is 0.246 e. The monoisotopic (exact) mass is 673 g/mol. The van der Waals surface area contributed by atoms with Crippen molar-refractivity contribution in [3.05, 3.63) is 93.1 Å². The molecule has 1 aromatic heterocycles. The zero-order valence-electron chi connectivity index (χ0n) is 27.1. The molecule has 1 N–H and O–H groups in total. The number of likely N-dealkylation sites (N-methyl/N-ethyl adjacent to an activating group) is 1. The van der Waals surface area contributed by atoms with Gasteiger partial charge in [0.1, 0.15) is 17.9 Å². The number of fused-ring (bicyclic) bond motifs is 2. The molecule has 2 heterocycles. The highest BCUT2D eigenvalue weighted by molar-refractivity contribution is 6.38. The van der Waals surface area contributed by atoms with Gasteiger partial charge in [0.25, 0.3) is 0 Å². The van der Waals surface area contributed by atoms with Gasteiger partial charge in [-0.3, -0.25) is 14.4 Å². The van der Waals surface area contributed by atoms with Crippen LogP contribution in [0.3, 0.4) is 0 Å². The largest absolute Gasteiger partial charge is 0.487 e. The number of ether oxygens (including phenoxy) is 1. The lowest BCUT2D eigenvalue weighted by Gasteiger charge is -2.28. The molecule has 244 valence electrons. The molecular weight excluding hydrogens is 637 g/mol. The summed E-state index contributed by atoms with van der Waals surface area (Å²) in [5, 5.41) is 4.26. The van der Waals surface area contributed by atoms with Crippen molar-refractivity contribution in [1.82, 2.24) is 10.3 Å². The predicted octanol–water partition coefficient (Wildman–Crippen LogP) is 6.59. The lowest BCUT2D eigenvalue weighted by atomic mass is 9.99. The second-order valence-corrected chi connectivity index (χ2v) is 12.4. The minimum absolute atomic E-state index is 0.0139. The van der Waals surface area contributed by atoms with Crippen LogP contribution in [-0.2, 0) is 27.4 Å². The van der Waals surface area contributed by atoms with Gasteiger partial charge in [0.05, 0.1) is 17.3 Å². The molecule has 3 amide bonds. The van der Waals surface area contributed by atoms with E-state index in [1.54, 1.807) is 37.1 Å². The molecule has 0 atom stereocenters. The van der Waals surface area contributed by atoms with Crippen molar-refractivity contribution in [1.29, 1.82) is 0 Å². The average molecular weight is 675 g/mol. The SMILES string of the molecule is CC(=O)N1CCCc2cc(/C=C/C(=O)NCC(=O)N(C)c3ccc(Cl)c(COc4cccc5c(N(C)C)cc(C)nc45)c3Cl)ccc21. The molecule has 0 aliphatic carbocycles. The van der Waals surface area contributed by atoms with Gasteiger partial charge in [0.15, 0.2) is 0 Å². The summed E-state index contributed by atoms with van der Waals surface area (Å²) in [6, 6.07) is 16.9. The first-order valence-corrected chi connectivity index (χ1v) is 16.0. The van der Waals surface area contributed by atoms with Gasteiger partial charge < -0.3 is 24.8 Å². The van der Waals surface area contributed by atoms with Crippen LogP contribution in [0.25, 0.3) is 17.0 Å². The summed E-state index contributed by atoms with van der Waals surface area (Å²) >= 11 is 13.3. The number of carbonyl (C=O) groups is 3. The van der Waals surface area contributed by atoms with Crippen LogP contribution in [0.5, 0.6) is 5.75 Å². The highest BCUT2D eigenvalue weighted by Crippen LogP contribution is 2.36. The Labute approximate surface area is 284 Å². The summed E-state index contributed by atoms with van der Waals surface area (Å²) in [5.74, 6) is -0.186. The zero-order valence-corrected chi connectivity index (χ0v) is 28.6. The molecule has 11 heteroatoms. The zero-order chi connectivity index (χ0) is 33.8. The highest BCUT2D eigenvalue weighted by atomic mass is 35.5. The number of para-hydroxylation sites is 1. The molecule has 3 aromatic carbocycles. The standard InChI is InChI=1S/C36H37Cl2N5O4/c1-22-18-31(41(3)4)26-9-6-10-32(36(26)40-22)47-21-27-28(37)13-15-30(35(27)38)42(5)34(46)20-39-33(45)16-12-24-11-14-29-25(19-24)8-7-17-43(29)23(2)44/h6,9-16,18-19H,7-8,17,20-21H2,1-5H3,(H,39,45)/b16-12+. The molecule has 0 saturated carbocycles. The molecule has 1 aliphatic heterocycles. The molecule has 1 aliphatic rings. The first kappa shape index (κ1) is 33.8. The smallest absolute Gasteiger partial charge is 0.246 e. The summed E-state index contributed by atoms with van der Waals surface area (Å²) in [6.45, 7) is 4.02.